The average molecular weight is 313 g/mol. The zero-order chi connectivity index (χ0) is 15.1. The number of hydrogen-bond donors (Lipinski definition) is 3. The Kier molecular flexibility index (Phi) is 5.98. The van der Waals surface area contributed by atoms with Crippen molar-refractivity contribution in [3.8, 4) is 0 Å². The first-order chi connectivity index (χ1) is 10.1. The molecule has 0 bridgehead atoms. The minimum atomic E-state index is -0.484. The van der Waals surface area contributed by atoms with Gasteiger partial charge in [0.15, 0.2) is 0 Å². The van der Waals surface area contributed by atoms with E-state index in [2.05, 4.69) is 10.6 Å². The Labute approximate surface area is 128 Å². The highest BCUT2D eigenvalue weighted by atomic mass is 35.5. The Morgan fingerprint density at radius 2 is 1.86 bits per heavy atom. The van der Waals surface area contributed by atoms with Gasteiger partial charge in [-0.3, -0.25) is 10.1 Å². The van der Waals surface area contributed by atoms with Gasteiger partial charge >= 0.3 is 6.03 Å². The summed E-state index contributed by atoms with van der Waals surface area (Å²) >= 11 is 5.74. The number of ether oxygens (including phenoxy) is 1. The normalized spacial score (nSPS) is 15.5. The highest BCUT2D eigenvalue weighted by molar-refractivity contribution is 6.30. The first kappa shape index (κ1) is 15.8. The van der Waals surface area contributed by atoms with Gasteiger partial charge in [-0.1, -0.05) is 11.6 Å². The van der Waals surface area contributed by atoms with Crippen molar-refractivity contribution in [1.82, 2.24) is 10.6 Å². The third kappa shape index (κ3) is 5.34. The van der Waals surface area contributed by atoms with Crippen LogP contribution < -0.4 is 15.5 Å². The Morgan fingerprint density at radius 3 is 2.52 bits per heavy atom. The van der Waals surface area contributed by atoms with Gasteiger partial charge in [-0.2, -0.15) is 0 Å². The molecule has 21 heavy (non-hydrogen) atoms. The summed E-state index contributed by atoms with van der Waals surface area (Å²) in [5, 5.41) is 5.52. The lowest BCUT2D eigenvalue weighted by Gasteiger charge is -2.23. The summed E-state index contributed by atoms with van der Waals surface area (Å²) in [7, 11) is 0. The molecule has 1 aliphatic rings. The number of nitrogens with one attached hydrogen (secondary N) is 3. The van der Waals surface area contributed by atoms with Crippen molar-refractivity contribution in [2.45, 2.75) is 0 Å². The van der Waals surface area contributed by atoms with Crippen molar-refractivity contribution < 1.29 is 19.2 Å². The van der Waals surface area contributed by atoms with Crippen LogP contribution in [0.1, 0.15) is 10.4 Å². The molecule has 2 rings (SSSR count). The van der Waals surface area contributed by atoms with Crippen molar-refractivity contribution in [3.63, 3.8) is 0 Å². The smallest absolute Gasteiger partial charge is 0.321 e. The molecule has 1 aromatic rings. The Hall–Kier alpha value is -1.63. The van der Waals surface area contributed by atoms with Gasteiger partial charge in [0.25, 0.3) is 5.91 Å². The molecule has 6 nitrogen and oxygen atoms in total. The molecule has 114 valence electrons. The average Bonchev–Trinajstić information content (AvgIpc) is 2.49. The predicted molar refractivity (Wildman–Crippen MR) is 78.7 cm³/mol. The summed E-state index contributed by atoms with van der Waals surface area (Å²) < 4.78 is 5.26. The first-order valence-corrected chi connectivity index (χ1v) is 7.29. The van der Waals surface area contributed by atoms with Crippen molar-refractivity contribution >= 4 is 23.5 Å². The number of carbonyl (C=O) groups is 2. The van der Waals surface area contributed by atoms with E-state index in [1.54, 1.807) is 24.3 Å². The number of imide groups is 1. The monoisotopic (exact) mass is 312 g/mol. The van der Waals surface area contributed by atoms with Crippen LogP contribution in [0.5, 0.6) is 0 Å². The lowest BCUT2D eigenvalue weighted by molar-refractivity contribution is -0.906. The lowest BCUT2D eigenvalue weighted by Crippen LogP contribution is -3.14. The molecule has 3 amide bonds. The SMILES string of the molecule is O=C(NCC[NH+]1CCOCC1)NC(=O)c1ccc(Cl)cc1. The molecule has 0 radical (unpaired) electrons. The number of benzene rings is 1. The van der Waals surface area contributed by atoms with E-state index in [4.69, 9.17) is 16.3 Å². The quantitative estimate of drug-likeness (QED) is 0.714. The van der Waals surface area contributed by atoms with E-state index in [1.807, 2.05) is 0 Å². The predicted octanol–water partition coefficient (Wildman–Crippen LogP) is -0.305. The van der Waals surface area contributed by atoms with Crippen molar-refractivity contribution in [2.75, 3.05) is 39.4 Å². The summed E-state index contributed by atoms with van der Waals surface area (Å²) in [5.41, 5.74) is 0.397. The van der Waals surface area contributed by atoms with Gasteiger partial charge in [-0.25, -0.2) is 4.79 Å². The lowest BCUT2D eigenvalue weighted by atomic mass is 10.2. The minimum absolute atomic E-state index is 0.397. The second kappa shape index (κ2) is 7.97. The van der Waals surface area contributed by atoms with Gasteiger partial charge in [0.05, 0.1) is 26.3 Å². The number of quaternary nitrogens is 1. The number of carbonyl (C=O) groups excluding carboxylic acids is 2. The van der Waals surface area contributed by atoms with Gasteiger partial charge in [0.2, 0.25) is 0 Å². The topological polar surface area (TPSA) is 71.9 Å². The molecule has 0 aliphatic carbocycles. The number of hydrogen-bond acceptors (Lipinski definition) is 3. The second-order valence-electron chi connectivity index (χ2n) is 4.83. The molecule has 1 fully saturated rings. The first-order valence-electron chi connectivity index (χ1n) is 6.91. The van der Waals surface area contributed by atoms with Crippen molar-refractivity contribution in [3.05, 3.63) is 34.9 Å². The second-order valence-corrected chi connectivity index (χ2v) is 5.27. The Balaban J connectivity index is 1.68. The maximum Gasteiger partial charge on any atom is 0.321 e. The molecule has 0 spiro atoms. The van der Waals surface area contributed by atoms with E-state index >= 15 is 0 Å². The van der Waals surface area contributed by atoms with Crippen LogP contribution in [0, 0.1) is 0 Å². The molecule has 1 aliphatic heterocycles. The van der Waals surface area contributed by atoms with Gasteiger partial charge in [0, 0.05) is 10.6 Å². The highest BCUT2D eigenvalue weighted by Crippen LogP contribution is 2.09. The molecule has 1 aromatic carbocycles. The van der Waals surface area contributed by atoms with E-state index in [9.17, 15) is 9.59 Å². The third-order valence-electron chi connectivity index (χ3n) is 3.30. The van der Waals surface area contributed by atoms with Crippen LogP contribution in [-0.4, -0.2) is 51.3 Å². The fourth-order valence-corrected chi connectivity index (χ4v) is 2.21. The van der Waals surface area contributed by atoms with E-state index < -0.39 is 11.9 Å². The van der Waals surface area contributed by atoms with Crippen LogP contribution in [0.4, 0.5) is 4.79 Å². The van der Waals surface area contributed by atoms with Gasteiger partial charge in [0.1, 0.15) is 13.1 Å². The number of urea groups is 1. The Morgan fingerprint density at radius 1 is 1.19 bits per heavy atom. The molecule has 3 N–H and O–H groups in total. The minimum Gasteiger partial charge on any atom is -0.370 e. The molecule has 0 saturated carbocycles. The molecule has 1 saturated heterocycles. The molecule has 0 atom stereocenters. The van der Waals surface area contributed by atoms with Crippen molar-refractivity contribution in [1.29, 1.82) is 0 Å². The van der Waals surface area contributed by atoms with E-state index in [0.717, 1.165) is 32.8 Å². The maximum absolute atomic E-state index is 11.8. The van der Waals surface area contributed by atoms with Crippen LogP contribution in [0.3, 0.4) is 0 Å². The summed E-state index contributed by atoms with van der Waals surface area (Å²) in [5.74, 6) is -0.442. The summed E-state index contributed by atoms with van der Waals surface area (Å²) in [4.78, 5) is 24.8. The fraction of sp³-hybridized carbons (Fsp3) is 0.429. The molecular weight excluding hydrogens is 294 g/mol. The maximum atomic E-state index is 11.8. The van der Waals surface area contributed by atoms with Crippen LogP contribution >= 0.6 is 11.6 Å². The summed E-state index contributed by atoms with van der Waals surface area (Å²) in [6.45, 7) is 4.77. The molecule has 7 heteroatoms. The molecule has 0 unspecified atom stereocenters. The zero-order valence-electron chi connectivity index (χ0n) is 11.7. The molecule has 1 heterocycles. The van der Waals surface area contributed by atoms with Gasteiger partial charge < -0.3 is 15.0 Å². The van der Waals surface area contributed by atoms with Crippen LogP contribution in [0.2, 0.25) is 5.02 Å². The number of rotatable bonds is 4. The van der Waals surface area contributed by atoms with Gasteiger partial charge in [-0.05, 0) is 24.3 Å². The third-order valence-corrected chi connectivity index (χ3v) is 3.55. The summed E-state index contributed by atoms with van der Waals surface area (Å²) in [6.07, 6.45) is 0. The largest absolute Gasteiger partial charge is 0.370 e. The van der Waals surface area contributed by atoms with Gasteiger partial charge in [-0.15, -0.1) is 0 Å². The van der Waals surface area contributed by atoms with Crippen LogP contribution in [-0.2, 0) is 4.74 Å². The molecule has 0 aromatic heterocycles. The molecular formula is C14H19ClN3O3+. The van der Waals surface area contributed by atoms with Crippen LogP contribution in [0.25, 0.3) is 0 Å². The zero-order valence-corrected chi connectivity index (χ0v) is 12.4. The number of halogens is 1. The number of morpholine rings is 1. The fourth-order valence-electron chi connectivity index (χ4n) is 2.08. The van der Waals surface area contributed by atoms with E-state index in [-0.39, 0.29) is 0 Å². The van der Waals surface area contributed by atoms with E-state index in [1.165, 1.54) is 4.90 Å². The highest BCUT2D eigenvalue weighted by Gasteiger charge is 2.14. The Bertz CT molecular complexity index is 487. The van der Waals surface area contributed by atoms with Crippen LogP contribution in [0.15, 0.2) is 24.3 Å². The van der Waals surface area contributed by atoms with E-state index in [0.29, 0.717) is 17.1 Å². The number of amides is 3. The van der Waals surface area contributed by atoms with Crippen molar-refractivity contribution in [2.24, 2.45) is 0 Å². The standard InChI is InChI=1S/C14H18ClN3O3/c15-12-3-1-11(2-4-12)13(19)17-14(20)16-5-6-18-7-9-21-10-8-18/h1-4H,5-10H2,(H2,16,17,19,20)/p+1. The summed E-state index contributed by atoms with van der Waals surface area (Å²) in [6, 6.07) is 5.88.